The minimum atomic E-state index is -0.806. The van der Waals surface area contributed by atoms with Crippen LogP contribution in [0.3, 0.4) is 0 Å². The first kappa shape index (κ1) is 29.8. The molecule has 3 amide bonds. The molecule has 4 aliphatic rings. The number of nitrogens with zero attached hydrogens (tertiary/aromatic N) is 5. The van der Waals surface area contributed by atoms with Gasteiger partial charge in [0.1, 0.15) is 18.0 Å². The number of carbonyl (C=O) groups excluding carboxylic acids is 3. The summed E-state index contributed by atoms with van der Waals surface area (Å²) in [5, 5.41) is 15.3. The van der Waals surface area contributed by atoms with Gasteiger partial charge in [0.25, 0.3) is 0 Å². The Morgan fingerprint density at radius 2 is 1.86 bits per heavy atom. The van der Waals surface area contributed by atoms with Crippen LogP contribution in [0.25, 0.3) is 0 Å². The molecule has 0 bridgehead atoms. The number of aromatic hydroxyl groups is 1. The Labute approximate surface area is 257 Å². The molecule has 3 fully saturated rings. The van der Waals surface area contributed by atoms with Crippen molar-refractivity contribution < 1.29 is 19.5 Å². The summed E-state index contributed by atoms with van der Waals surface area (Å²) < 4.78 is 0. The lowest BCUT2D eigenvalue weighted by molar-refractivity contribution is -0.204. The Bertz CT molecular complexity index is 1460. The number of piperazine rings is 1. The molecule has 0 saturated carbocycles. The van der Waals surface area contributed by atoms with Crippen LogP contribution in [0.4, 0.5) is 0 Å². The minimum absolute atomic E-state index is 0.0257. The number of hydrogen-bond acceptors (Lipinski definition) is 8. The van der Waals surface area contributed by atoms with E-state index in [0.29, 0.717) is 19.5 Å². The molecule has 3 saturated heterocycles. The number of aryl methyl sites for hydroxylation is 1. The fourth-order valence-corrected chi connectivity index (χ4v) is 6.57. The second kappa shape index (κ2) is 12.7. The number of phenolic OH excluding ortho intramolecular Hbond substituents is 1. The first-order valence-electron chi connectivity index (χ1n) is 15.0. The molecular weight excluding hydrogens is 558 g/mol. The Morgan fingerprint density at radius 1 is 1.09 bits per heavy atom. The number of carbonyl (C=O) groups is 3. The third kappa shape index (κ3) is 6.04. The maximum absolute atomic E-state index is 14.2. The van der Waals surface area contributed by atoms with Crippen molar-refractivity contribution in [2.45, 2.75) is 43.6 Å². The number of amides is 3. The van der Waals surface area contributed by atoms with Gasteiger partial charge in [-0.3, -0.25) is 14.4 Å². The predicted octanol–water partition coefficient (Wildman–Crippen LogP) is 1.37. The van der Waals surface area contributed by atoms with Crippen molar-refractivity contribution in [2.75, 3.05) is 33.2 Å². The third-order valence-electron chi connectivity index (χ3n) is 8.76. The number of nitrogens with one attached hydrogen (secondary N) is 2. The molecule has 4 atom stereocenters. The quantitative estimate of drug-likeness (QED) is 0.372. The fraction of sp³-hybridized carbons (Fsp3) is 0.364. The van der Waals surface area contributed by atoms with Gasteiger partial charge in [0, 0.05) is 33.0 Å². The average Bonchev–Trinajstić information content (AvgIpc) is 3.39. The smallest absolute Gasteiger partial charge is 0.246 e. The van der Waals surface area contributed by atoms with E-state index in [0.717, 1.165) is 16.7 Å². The van der Waals surface area contributed by atoms with Gasteiger partial charge < -0.3 is 14.9 Å². The normalized spacial score (nSPS) is 25.6. The maximum atomic E-state index is 14.2. The van der Waals surface area contributed by atoms with Gasteiger partial charge in [-0.25, -0.2) is 20.5 Å². The SMILES string of the molecule is C=CCN1CC(=O)N2[C@@H](Cc3ccc(O)cc3)C(=O)N(CC3=CC4NNN(C)C4C=C3)C[C@@H]2N1C(=O)CCc1ccccc1. The van der Waals surface area contributed by atoms with Gasteiger partial charge in [-0.2, -0.15) is 5.53 Å². The van der Waals surface area contributed by atoms with E-state index in [4.69, 9.17) is 0 Å². The number of hydrogen-bond donors (Lipinski definition) is 3. The van der Waals surface area contributed by atoms with E-state index >= 15 is 0 Å². The maximum Gasteiger partial charge on any atom is 0.246 e. The first-order chi connectivity index (χ1) is 21.3. The summed E-state index contributed by atoms with van der Waals surface area (Å²) in [5.41, 5.74) is 9.23. The number of phenols is 1. The molecule has 2 unspecified atom stereocenters. The highest BCUT2D eigenvalue weighted by Gasteiger charge is 2.51. The van der Waals surface area contributed by atoms with Crippen molar-refractivity contribution in [3.05, 3.63) is 102 Å². The Hall–Kier alpha value is -4.29. The van der Waals surface area contributed by atoms with Crippen molar-refractivity contribution in [1.82, 2.24) is 35.8 Å². The van der Waals surface area contributed by atoms with E-state index < -0.39 is 12.2 Å². The standard InChI is InChI=1S/C33H39N7O4/c1-3-17-38-22-32(43)39-29(19-24-9-13-26(41)14-10-24)33(44)37(20-25-11-15-28-27(18-25)34-35-36(28)2)21-30(39)40(38)31(42)16-12-23-7-5-4-6-8-23/h3-11,13-15,18,27-30,34-35,41H,1,12,16-17,19-22H2,2H3/t27?,28?,29-,30-/m0/s1. The number of fused-ring (bicyclic) bond motifs is 2. The fourth-order valence-electron chi connectivity index (χ4n) is 6.57. The molecular formula is C33H39N7O4. The summed E-state index contributed by atoms with van der Waals surface area (Å²) in [5.74, 6) is -0.352. The van der Waals surface area contributed by atoms with Crippen LogP contribution in [-0.2, 0) is 27.2 Å². The highest BCUT2D eigenvalue weighted by atomic mass is 16.3. The molecule has 11 heteroatoms. The van der Waals surface area contributed by atoms with Crippen LogP contribution in [0.1, 0.15) is 17.5 Å². The minimum Gasteiger partial charge on any atom is -0.508 e. The van der Waals surface area contributed by atoms with Crippen LogP contribution in [0, 0.1) is 0 Å². The molecule has 2 aromatic carbocycles. The Balaban J connectivity index is 1.31. The number of rotatable bonds is 9. The second-order valence-electron chi connectivity index (χ2n) is 11.7. The summed E-state index contributed by atoms with van der Waals surface area (Å²) >= 11 is 0. The summed E-state index contributed by atoms with van der Waals surface area (Å²) in [6, 6.07) is 15.9. The number of likely N-dealkylation sites (N-methyl/N-ethyl adjacent to an activating group) is 1. The van der Waals surface area contributed by atoms with Crippen LogP contribution in [0.5, 0.6) is 5.75 Å². The van der Waals surface area contributed by atoms with Crippen molar-refractivity contribution >= 4 is 17.7 Å². The van der Waals surface area contributed by atoms with Gasteiger partial charge in [-0.05, 0) is 35.3 Å². The van der Waals surface area contributed by atoms with Crippen LogP contribution in [-0.4, -0.2) is 105 Å². The monoisotopic (exact) mass is 597 g/mol. The first-order valence-corrected chi connectivity index (χ1v) is 15.0. The lowest BCUT2D eigenvalue weighted by Gasteiger charge is -2.55. The summed E-state index contributed by atoms with van der Waals surface area (Å²) in [6.45, 7) is 4.70. The molecule has 3 heterocycles. The second-order valence-corrected chi connectivity index (χ2v) is 11.7. The predicted molar refractivity (Wildman–Crippen MR) is 165 cm³/mol. The van der Waals surface area contributed by atoms with E-state index in [1.54, 1.807) is 50.2 Å². The molecule has 0 aromatic heterocycles. The zero-order valence-corrected chi connectivity index (χ0v) is 24.9. The Kier molecular flexibility index (Phi) is 8.62. The lowest BCUT2D eigenvalue weighted by Crippen LogP contribution is -2.76. The van der Waals surface area contributed by atoms with Crippen molar-refractivity contribution in [2.24, 2.45) is 0 Å². The summed E-state index contributed by atoms with van der Waals surface area (Å²) in [6.07, 6.45) is 8.38. The summed E-state index contributed by atoms with van der Waals surface area (Å²) in [7, 11) is 1.97. The number of hydrazine groups is 3. The third-order valence-corrected chi connectivity index (χ3v) is 8.76. The zero-order valence-electron chi connectivity index (χ0n) is 24.9. The van der Waals surface area contributed by atoms with Gasteiger partial charge in [0.05, 0.1) is 25.2 Å². The van der Waals surface area contributed by atoms with Gasteiger partial charge in [0.15, 0.2) is 0 Å². The van der Waals surface area contributed by atoms with E-state index in [9.17, 15) is 19.5 Å². The van der Waals surface area contributed by atoms with E-state index in [-0.39, 0.29) is 61.5 Å². The molecule has 3 aliphatic heterocycles. The zero-order chi connectivity index (χ0) is 30.8. The Morgan fingerprint density at radius 3 is 2.61 bits per heavy atom. The highest BCUT2D eigenvalue weighted by Crippen LogP contribution is 2.30. The molecule has 0 spiro atoms. The molecule has 11 nitrogen and oxygen atoms in total. The molecule has 6 rings (SSSR count). The van der Waals surface area contributed by atoms with E-state index in [2.05, 4.69) is 29.7 Å². The van der Waals surface area contributed by atoms with Crippen LogP contribution in [0.15, 0.2) is 91.1 Å². The average molecular weight is 598 g/mol. The van der Waals surface area contributed by atoms with Crippen LogP contribution >= 0.6 is 0 Å². The highest BCUT2D eigenvalue weighted by molar-refractivity contribution is 5.92. The van der Waals surface area contributed by atoms with Crippen molar-refractivity contribution in [1.29, 1.82) is 0 Å². The van der Waals surface area contributed by atoms with Gasteiger partial charge >= 0.3 is 0 Å². The molecule has 1 aliphatic carbocycles. The lowest BCUT2D eigenvalue weighted by atomic mass is 9.96. The van der Waals surface area contributed by atoms with E-state index in [1.807, 2.05) is 48.5 Å². The van der Waals surface area contributed by atoms with Crippen molar-refractivity contribution in [3.8, 4) is 5.75 Å². The van der Waals surface area contributed by atoms with Crippen LogP contribution in [0.2, 0.25) is 0 Å². The van der Waals surface area contributed by atoms with Gasteiger partial charge in [0.2, 0.25) is 17.7 Å². The molecule has 230 valence electrons. The topological polar surface area (TPSA) is 112 Å². The summed E-state index contributed by atoms with van der Waals surface area (Å²) in [4.78, 5) is 45.4. The largest absolute Gasteiger partial charge is 0.508 e. The molecule has 3 N–H and O–H groups in total. The molecule has 2 aromatic rings. The van der Waals surface area contributed by atoms with E-state index in [1.165, 1.54) is 0 Å². The van der Waals surface area contributed by atoms with Crippen molar-refractivity contribution in [3.63, 3.8) is 0 Å². The van der Waals surface area contributed by atoms with Gasteiger partial charge in [-0.15, -0.1) is 6.58 Å². The molecule has 0 radical (unpaired) electrons. The van der Waals surface area contributed by atoms with Crippen LogP contribution < -0.4 is 11.0 Å². The van der Waals surface area contributed by atoms with Gasteiger partial charge in [-0.1, -0.05) is 66.8 Å². The number of benzene rings is 2. The molecule has 44 heavy (non-hydrogen) atoms.